The maximum Gasteiger partial charge on any atom is 0.106 e. The van der Waals surface area contributed by atoms with Gasteiger partial charge in [0.1, 0.15) is 7.11 Å². The fraction of sp³-hybridized carbons (Fsp3) is 0.190. The molecule has 0 radical (unpaired) electrons. The van der Waals surface area contributed by atoms with Crippen molar-refractivity contribution in [3.63, 3.8) is 0 Å². The van der Waals surface area contributed by atoms with Crippen LogP contribution in [-0.2, 0) is 11.3 Å². The van der Waals surface area contributed by atoms with Gasteiger partial charge >= 0.3 is 0 Å². The topological polar surface area (TPSA) is 47.4 Å². The zero-order valence-electron chi connectivity index (χ0n) is 14.4. The molecule has 0 bridgehead atoms. The summed E-state index contributed by atoms with van der Waals surface area (Å²) in [7, 11) is 1.59. The van der Waals surface area contributed by atoms with Crippen molar-refractivity contribution in [1.82, 2.24) is 10.2 Å². The highest BCUT2D eigenvalue weighted by molar-refractivity contribution is 9.10. The van der Waals surface area contributed by atoms with E-state index in [0.29, 0.717) is 5.92 Å². The average Bonchev–Trinajstić information content (AvgIpc) is 2.69. The summed E-state index contributed by atoms with van der Waals surface area (Å²) in [6.07, 6.45) is 1.69. The Bertz CT molecular complexity index is 939. The third-order valence-corrected chi connectivity index (χ3v) is 5.20. The molecular weight excluding hydrogens is 390 g/mol. The summed E-state index contributed by atoms with van der Waals surface area (Å²) < 4.78 is 1.04. The lowest BCUT2D eigenvalue weighted by atomic mass is 9.81. The van der Waals surface area contributed by atoms with Crippen LogP contribution in [-0.4, -0.2) is 23.0 Å². The minimum atomic E-state index is 0.338. The highest BCUT2D eigenvalue weighted by Crippen LogP contribution is 2.33. The van der Waals surface area contributed by atoms with Crippen LogP contribution in [0.15, 0.2) is 70.3 Å². The molecule has 4 rings (SSSR count). The zero-order valence-corrected chi connectivity index (χ0v) is 16.0. The summed E-state index contributed by atoms with van der Waals surface area (Å²) in [4.78, 5) is 5.12. The minimum absolute atomic E-state index is 0.338. The quantitative estimate of drug-likeness (QED) is 0.574. The molecule has 0 spiro atoms. The Labute approximate surface area is 161 Å². The van der Waals surface area contributed by atoms with E-state index in [1.165, 1.54) is 5.56 Å². The van der Waals surface area contributed by atoms with Gasteiger partial charge in [0.25, 0.3) is 0 Å². The maximum absolute atomic E-state index is 5.12. The van der Waals surface area contributed by atoms with Gasteiger partial charge < -0.3 is 4.84 Å². The number of fused-ring (bicyclic) bond motifs is 1. The van der Waals surface area contributed by atoms with E-state index in [1.54, 1.807) is 7.11 Å². The van der Waals surface area contributed by atoms with Crippen molar-refractivity contribution in [2.75, 3.05) is 7.11 Å². The Morgan fingerprint density at radius 1 is 1.00 bits per heavy atom. The fourth-order valence-corrected chi connectivity index (χ4v) is 3.65. The number of aromatic nitrogens is 2. The summed E-state index contributed by atoms with van der Waals surface area (Å²) in [5.41, 5.74) is 6.11. The highest BCUT2D eigenvalue weighted by Gasteiger charge is 2.27. The van der Waals surface area contributed by atoms with Crippen molar-refractivity contribution in [1.29, 1.82) is 0 Å². The number of rotatable bonds is 3. The van der Waals surface area contributed by atoms with Gasteiger partial charge in [-0.05, 0) is 36.1 Å². The lowest BCUT2D eigenvalue weighted by Gasteiger charge is -2.25. The van der Waals surface area contributed by atoms with Crippen LogP contribution in [0.2, 0.25) is 0 Å². The SMILES string of the molecule is CO/N=C1/C[C@H](c2ccccc2)Cc2nnc(-c3ccc(Br)cc3)cc21. The van der Waals surface area contributed by atoms with Gasteiger partial charge in [-0.2, -0.15) is 10.2 Å². The van der Waals surface area contributed by atoms with E-state index in [2.05, 4.69) is 61.6 Å². The summed E-state index contributed by atoms with van der Waals surface area (Å²) in [5, 5.41) is 13.3. The van der Waals surface area contributed by atoms with E-state index in [4.69, 9.17) is 4.84 Å². The molecular formula is C21H18BrN3O. The van der Waals surface area contributed by atoms with Crippen molar-refractivity contribution < 1.29 is 4.84 Å². The molecule has 5 heteroatoms. The zero-order chi connectivity index (χ0) is 17.9. The Balaban J connectivity index is 1.73. The Morgan fingerprint density at radius 2 is 1.77 bits per heavy atom. The lowest BCUT2D eigenvalue weighted by molar-refractivity contribution is 0.212. The van der Waals surface area contributed by atoms with E-state index in [-0.39, 0.29) is 0 Å². The molecule has 0 N–H and O–H groups in total. The van der Waals surface area contributed by atoms with Crippen LogP contribution in [0.1, 0.15) is 29.2 Å². The van der Waals surface area contributed by atoms with E-state index >= 15 is 0 Å². The second-order valence-corrected chi connectivity index (χ2v) is 7.25. The van der Waals surface area contributed by atoms with Crippen molar-refractivity contribution in [2.45, 2.75) is 18.8 Å². The highest BCUT2D eigenvalue weighted by atomic mass is 79.9. The Hall–Kier alpha value is -2.53. The molecule has 4 nitrogen and oxygen atoms in total. The van der Waals surface area contributed by atoms with Crippen LogP contribution in [0.25, 0.3) is 11.3 Å². The van der Waals surface area contributed by atoms with Gasteiger partial charge in [0.05, 0.1) is 17.1 Å². The predicted molar refractivity (Wildman–Crippen MR) is 106 cm³/mol. The molecule has 2 aromatic carbocycles. The van der Waals surface area contributed by atoms with Crippen LogP contribution < -0.4 is 0 Å². The van der Waals surface area contributed by atoms with E-state index < -0.39 is 0 Å². The van der Waals surface area contributed by atoms with Gasteiger partial charge in [-0.3, -0.25) is 0 Å². The summed E-state index contributed by atoms with van der Waals surface area (Å²) >= 11 is 3.47. The second-order valence-electron chi connectivity index (χ2n) is 6.33. The number of nitrogens with zero attached hydrogens (tertiary/aromatic N) is 3. The summed E-state index contributed by atoms with van der Waals surface area (Å²) in [6, 6.07) is 20.6. The average molecular weight is 408 g/mol. The van der Waals surface area contributed by atoms with Gasteiger partial charge in [-0.15, -0.1) is 0 Å². The van der Waals surface area contributed by atoms with Gasteiger partial charge in [0.15, 0.2) is 0 Å². The normalized spacial score (nSPS) is 17.8. The molecule has 130 valence electrons. The van der Waals surface area contributed by atoms with Crippen LogP contribution in [0.4, 0.5) is 0 Å². The second kappa shape index (κ2) is 7.38. The molecule has 1 aliphatic rings. The molecule has 0 amide bonds. The molecule has 0 unspecified atom stereocenters. The number of hydrogen-bond donors (Lipinski definition) is 0. The molecule has 26 heavy (non-hydrogen) atoms. The van der Waals surface area contributed by atoms with E-state index in [9.17, 15) is 0 Å². The van der Waals surface area contributed by atoms with Crippen molar-refractivity contribution in [3.8, 4) is 11.3 Å². The third-order valence-electron chi connectivity index (χ3n) is 4.67. The summed E-state index contributed by atoms with van der Waals surface area (Å²) in [6.45, 7) is 0. The van der Waals surface area contributed by atoms with Crippen LogP contribution in [0.3, 0.4) is 0 Å². The van der Waals surface area contributed by atoms with Crippen LogP contribution in [0, 0.1) is 0 Å². The van der Waals surface area contributed by atoms with E-state index in [1.807, 2.05) is 30.3 Å². The minimum Gasteiger partial charge on any atom is -0.399 e. The first kappa shape index (κ1) is 16.9. The Kier molecular flexibility index (Phi) is 4.80. The van der Waals surface area contributed by atoms with Gasteiger partial charge in [-0.1, -0.05) is 63.6 Å². The van der Waals surface area contributed by atoms with Crippen molar-refractivity contribution in [2.24, 2.45) is 5.16 Å². The maximum atomic E-state index is 5.12. The van der Waals surface area contributed by atoms with Crippen molar-refractivity contribution >= 4 is 21.6 Å². The monoisotopic (exact) mass is 407 g/mol. The molecule has 0 fully saturated rings. The first-order valence-corrected chi connectivity index (χ1v) is 9.32. The number of halogens is 1. The molecule has 1 aliphatic carbocycles. The molecule has 0 aliphatic heterocycles. The van der Waals surface area contributed by atoms with Crippen LogP contribution in [0.5, 0.6) is 0 Å². The largest absolute Gasteiger partial charge is 0.399 e. The summed E-state index contributed by atoms with van der Waals surface area (Å²) in [5.74, 6) is 0.338. The number of benzene rings is 2. The lowest BCUT2D eigenvalue weighted by Crippen LogP contribution is -2.22. The molecule has 0 saturated carbocycles. The van der Waals surface area contributed by atoms with Gasteiger partial charge in [-0.25, -0.2) is 0 Å². The van der Waals surface area contributed by atoms with Crippen molar-refractivity contribution in [3.05, 3.63) is 82.0 Å². The molecule has 1 aromatic heterocycles. The third kappa shape index (κ3) is 3.40. The molecule has 1 atom stereocenters. The molecule has 3 aromatic rings. The van der Waals surface area contributed by atoms with Crippen LogP contribution >= 0.6 is 15.9 Å². The standard InChI is InChI=1S/C21H18BrN3O/c1-26-25-21-12-16(14-5-3-2-4-6-14)11-20-18(21)13-19(23-24-20)15-7-9-17(22)10-8-15/h2-10,13,16H,11-12H2,1H3/b25-21-/t16-/m1/s1. The first-order valence-electron chi connectivity index (χ1n) is 8.52. The predicted octanol–water partition coefficient (Wildman–Crippen LogP) is 4.99. The first-order chi connectivity index (χ1) is 12.7. The number of oxime groups is 1. The fourth-order valence-electron chi connectivity index (χ4n) is 3.39. The van der Waals surface area contributed by atoms with Gasteiger partial charge in [0, 0.05) is 22.0 Å². The molecule has 1 heterocycles. The van der Waals surface area contributed by atoms with E-state index in [0.717, 1.165) is 45.5 Å². The van der Waals surface area contributed by atoms with Gasteiger partial charge in [0.2, 0.25) is 0 Å². The number of hydrogen-bond acceptors (Lipinski definition) is 4. The molecule has 0 saturated heterocycles. The smallest absolute Gasteiger partial charge is 0.106 e. The Morgan fingerprint density at radius 3 is 2.50 bits per heavy atom.